The first-order valence-corrected chi connectivity index (χ1v) is 6.14. The first kappa shape index (κ1) is 13.0. The quantitative estimate of drug-likeness (QED) is 0.881. The summed E-state index contributed by atoms with van der Waals surface area (Å²) in [6, 6.07) is 11.1. The highest BCUT2D eigenvalue weighted by Crippen LogP contribution is 2.11. The van der Waals surface area contributed by atoms with Crippen molar-refractivity contribution in [3.63, 3.8) is 0 Å². The molecule has 98 valence electrons. The molecule has 0 aliphatic heterocycles. The van der Waals surface area contributed by atoms with E-state index in [1.165, 1.54) is 5.56 Å². The molecule has 1 aromatic carbocycles. The van der Waals surface area contributed by atoms with Gasteiger partial charge in [0.1, 0.15) is 5.82 Å². The number of hydrogen-bond acceptors (Lipinski definition) is 4. The number of nitrogens with zero attached hydrogens (tertiary/aromatic N) is 2. The van der Waals surface area contributed by atoms with Crippen LogP contribution in [-0.4, -0.2) is 23.2 Å². The summed E-state index contributed by atoms with van der Waals surface area (Å²) in [6.07, 6.45) is 0.977. The van der Waals surface area contributed by atoms with Gasteiger partial charge in [-0.3, -0.25) is 4.79 Å². The first-order valence-electron chi connectivity index (χ1n) is 6.14. The maximum absolute atomic E-state index is 11.9. The second kappa shape index (κ2) is 5.95. The number of aromatic nitrogens is 2. The van der Waals surface area contributed by atoms with E-state index in [0.717, 1.165) is 12.1 Å². The number of amides is 1. The molecule has 0 saturated carbocycles. The van der Waals surface area contributed by atoms with Gasteiger partial charge in [0, 0.05) is 12.7 Å². The zero-order valence-electron chi connectivity index (χ0n) is 11.0. The lowest BCUT2D eigenvalue weighted by atomic mass is 10.1. The molecule has 2 rings (SSSR count). The molecule has 0 aliphatic carbocycles. The second-order valence-corrected chi connectivity index (χ2v) is 4.06. The number of aryl methyl sites for hydroxylation is 1. The molecule has 1 aromatic heterocycles. The summed E-state index contributed by atoms with van der Waals surface area (Å²) in [4.78, 5) is 11.9. The van der Waals surface area contributed by atoms with Crippen LogP contribution in [0.3, 0.4) is 0 Å². The molecule has 5 heteroatoms. The molecule has 1 amide bonds. The Balaban J connectivity index is 2.06. The van der Waals surface area contributed by atoms with Crippen molar-refractivity contribution >= 4 is 17.4 Å². The minimum atomic E-state index is -0.264. The van der Waals surface area contributed by atoms with Crippen LogP contribution in [0.25, 0.3) is 0 Å². The van der Waals surface area contributed by atoms with E-state index in [0.29, 0.717) is 11.5 Å². The van der Waals surface area contributed by atoms with Gasteiger partial charge in [-0.2, -0.15) is 0 Å². The molecule has 0 aliphatic rings. The number of carbonyl (C=O) groups excluding carboxylic acids is 1. The molecular formula is C14H16N4O. The highest BCUT2D eigenvalue weighted by atomic mass is 16.1. The Morgan fingerprint density at radius 2 is 1.84 bits per heavy atom. The smallest absolute Gasteiger partial charge is 0.276 e. The number of benzene rings is 1. The van der Waals surface area contributed by atoms with E-state index >= 15 is 0 Å². The van der Waals surface area contributed by atoms with Gasteiger partial charge in [0.15, 0.2) is 5.69 Å². The Hall–Kier alpha value is -2.43. The highest BCUT2D eigenvalue weighted by Gasteiger charge is 2.08. The molecule has 2 aromatic rings. The predicted octanol–water partition coefficient (Wildman–Crippen LogP) is 2.33. The van der Waals surface area contributed by atoms with Gasteiger partial charge in [-0.15, -0.1) is 10.2 Å². The van der Waals surface area contributed by atoms with E-state index in [1.807, 2.05) is 24.3 Å². The van der Waals surface area contributed by atoms with Gasteiger partial charge in [-0.1, -0.05) is 19.1 Å². The molecule has 0 fully saturated rings. The summed E-state index contributed by atoms with van der Waals surface area (Å²) in [5, 5.41) is 13.4. The summed E-state index contributed by atoms with van der Waals surface area (Å²) in [6.45, 7) is 2.09. The third kappa shape index (κ3) is 3.28. The SMILES string of the molecule is CCc1ccc(NC(=O)c2ccc(NC)nn2)cc1. The average molecular weight is 256 g/mol. The van der Waals surface area contributed by atoms with E-state index in [1.54, 1.807) is 19.2 Å². The van der Waals surface area contributed by atoms with Crippen LogP contribution in [0.1, 0.15) is 23.0 Å². The molecule has 19 heavy (non-hydrogen) atoms. The molecule has 0 saturated heterocycles. The molecule has 0 radical (unpaired) electrons. The van der Waals surface area contributed by atoms with Gasteiger partial charge in [0.25, 0.3) is 5.91 Å². The maximum Gasteiger partial charge on any atom is 0.276 e. The Kier molecular flexibility index (Phi) is 4.07. The lowest BCUT2D eigenvalue weighted by Crippen LogP contribution is -2.14. The van der Waals surface area contributed by atoms with E-state index in [2.05, 4.69) is 27.8 Å². The highest BCUT2D eigenvalue weighted by molar-refractivity contribution is 6.02. The minimum Gasteiger partial charge on any atom is -0.372 e. The van der Waals surface area contributed by atoms with Crippen LogP contribution in [0.5, 0.6) is 0 Å². The van der Waals surface area contributed by atoms with Gasteiger partial charge in [-0.25, -0.2) is 0 Å². The molecule has 0 atom stereocenters. The largest absolute Gasteiger partial charge is 0.372 e. The molecule has 5 nitrogen and oxygen atoms in total. The third-order valence-corrected chi connectivity index (χ3v) is 2.77. The van der Waals surface area contributed by atoms with Crippen molar-refractivity contribution in [1.82, 2.24) is 10.2 Å². The minimum absolute atomic E-state index is 0.264. The van der Waals surface area contributed by atoms with Crippen LogP contribution in [0, 0.1) is 0 Å². The topological polar surface area (TPSA) is 66.9 Å². The lowest BCUT2D eigenvalue weighted by molar-refractivity contribution is 0.102. The van der Waals surface area contributed by atoms with Crippen molar-refractivity contribution < 1.29 is 4.79 Å². The van der Waals surface area contributed by atoms with Gasteiger partial charge >= 0.3 is 0 Å². The fourth-order valence-corrected chi connectivity index (χ4v) is 1.61. The summed E-state index contributed by atoms with van der Waals surface area (Å²) < 4.78 is 0. The average Bonchev–Trinajstić information content (AvgIpc) is 2.48. The standard InChI is InChI=1S/C14H16N4O/c1-3-10-4-6-11(7-5-10)16-14(19)12-8-9-13(15-2)18-17-12/h4-9H,3H2,1-2H3,(H,15,18)(H,16,19). The zero-order valence-corrected chi connectivity index (χ0v) is 11.0. The second-order valence-electron chi connectivity index (χ2n) is 4.06. The number of rotatable bonds is 4. The van der Waals surface area contributed by atoms with Crippen molar-refractivity contribution in [1.29, 1.82) is 0 Å². The van der Waals surface area contributed by atoms with Crippen LogP contribution in [0.2, 0.25) is 0 Å². The molecule has 2 N–H and O–H groups in total. The number of carbonyl (C=O) groups is 1. The zero-order chi connectivity index (χ0) is 13.7. The molecule has 0 unspecified atom stereocenters. The lowest BCUT2D eigenvalue weighted by Gasteiger charge is -2.05. The Morgan fingerprint density at radius 3 is 2.37 bits per heavy atom. The summed E-state index contributed by atoms with van der Waals surface area (Å²) >= 11 is 0. The molecule has 0 bridgehead atoms. The van der Waals surface area contributed by atoms with Crippen molar-refractivity contribution in [2.75, 3.05) is 17.7 Å². The summed E-state index contributed by atoms with van der Waals surface area (Å²) in [5.41, 5.74) is 2.27. The van der Waals surface area contributed by atoms with Crippen molar-refractivity contribution in [3.05, 3.63) is 47.7 Å². The van der Waals surface area contributed by atoms with Crippen molar-refractivity contribution in [2.45, 2.75) is 13.3 Å². The van der Waals surface area contributed by atoms with E-state index < -0.39 is 0 Å². The molecular weight excluding hydrogens is 240 g/mol. The normalized spacial score (nSPS) is 10.0. The van der Waals surface area contributed by atoms with Gasteiger partial charge in [0.2, 0.25) is 0 Å². The van der Waals surface area contributed by atoms with Crippen LogP contribution < -0.4 is 10.6 Å². The summed E-state index contributed by atoms with van der Waals surface area (Å²) in [7, 11) is 1.75. The first-order chi connectivity index (χ1) is 9.22. The van der Waals surface area contributed by atoms with Crippen LogP contribution >= 0.6 is 0 Å². The van der Waals surface area contributed by atoms with E-state index in [9.17, 15) is 4.79 Å². The Labute approximate surface area is 112 Å². The van der Waals surface area contributed by atoms with Crippen LogP contribution in [0.15, 0.2) is 36.4 Å². The maximum atomic E-state index is 11.9. The monoisotopic (exact) mass is 256 g/mol. The molecule has 0 spiro atoms. The third-order valence-electron chi connectivity index (χ3n) is 2.77. The van der Waals surface area contributed by atoms with Crippen molar-refractivity contribution in [2.24, 2.45) is 0 Å². The summed E-state index contributed by atoms with van der Waals surface area (Å²) in [5.74, 6) is 0.364. The van der Waals surface area contributed by atoms with E-state index in [-0.39, 0.29) is 5.91 Å². The van der Waals surface area contributed by atoms with Gasteiger partial charge in [-0.05, 0) is 36.2 Å². The number of anilines is 2. The number of nitrogens with one attached hydrogen (secondary N) is 2. The Morgan fingerprint density at radius 1 is 1.11 bits per heavy atom. The van der Waals surface area contributed by atoms with Crippen LogP contribution in [-0.2, 0) is 6.42 Å². The van der Waals surface area contributed by atoms with Crippen molar-refractivity contribution in [3.8, 4) is 0 Å². The predicted molar refractivity (Wildman–Crippen MR) is 75.4 cm³/mol. The van der Waals surface area contributed by atoms with Gasteiger partial charge in [0.05, 0.1) is 0 Å². The fraction of sp³-hybridized carbons (Fsp3) is 0.214. The van der Waals surface area contributed by atoms with E-state index in [4.69, 9.17) is 0 Å². The van der Waals surface area contributed by atoms with Crippen LogP contribution in [0.4, 0.5) is 11.5 Å². The number of hydrogen-bond donors (Lipinski definition) is 2. The fourth-order valence-electron chi connectivity index (χ4n) is 1.61. The Bertz CT molecular complexity index is 549. The van der Waals surface area contributed by atoms with Gasteiger partial charge < -0.3 is 10.6 Å². The molecule has 1 heterocycles.